The fourth-order valence-corrected chi connectivity index (χ4v) is 2.88. The van der Waals surface area contributed by atoms with Crippen LogP contribution in [-0.4, -0.2) is 24.4 Å². The lowest BCUT2D eigenvalue weighted by Gasteiger charge is -2.15. The summed E-state index contributed by atoms with van der Waals surface area (Å²) in [6, 6.07) is 5.39. The molecule has 2 rings (SSSR count). The lowest BCUT2D eigenvalue weighted by atomic mass is 10.1. The Morgan fingerprint density at radius 3 is 2.59 bits per heavy atom. The quantitative estimate of drug-likeness (QED) is 0.831. The maximum atomic E-state index is 11.8. The van der Waals surface area contributed by atoms with Crippen LogP contribution in [0.2, 0.25) is 0 Å². The van der Waals surface area contributed by atoms with Gasteiger partial charge >= 0.3 is 0 Å². The van der Waals surface area contributed by atoms with Gasteiger partial charge in [0.1, 0.15) is 5.25 Å². The number of hydrogen-bond acceptors (Lipinski definition) is 5. The van der Waals surface area contributed by atoms with Crippen LogP contribution >= 0.6 is 11.8 Å². The van der Waals surface area contributed by atoms with E-state index >= 15 is 0 Å². The number of amides is 2. The highest BCUT2D eigenvalue weighted by atomic mass is 32.2. The molecule has 120 valence electrons. The largest absolute Gasteiger partial charge is 0.490 e. The maximum Gasteiger partial charge on any atom is 0.286 e. The molecule has 0 radical (unpaired) electrons. The molecule has 1 heterocycles. The number of thioether (sulfide) groups is 1. The van der Waals surface area contributed by atoms with E-state index in [0.29, 0.717) is 30.6 Å². The van der Waals surface area contributed by atoms with E-state index in [9.17, 15) is 9.59 Å². The van der Waals surface area contributed by atoms with E-state index in [1.165, 1.54) is 0 Å². The van der Waals surface area contributed by atoms with Crippen LogP contribution in [0.25, 0.3) is 0 Å². The van der Waals surface area contributed by atoms with Gasteiger partial charge in [0.05, 0.1) is 13.2 Å². The zero-order chi connectivity index (χ0) is 16.1. The van der Waals surface area contributed by atoms with Crippen LogP contribution in [0.3, 0.4) is 0 Å². The van der Waals surface area contributed by atoms with Crippen molar-refractivity contribution < 1.29 is 19.1 Å². The topological polar surface area (TPSA) is 64.6 Å². The summed E-state index contributed by atoms with van der Waals surface area (Å²) in [6.45, 7) is 7.30. The summed E-state index contributed by atoms with van der Waals surface area (Å²) in [4.78, 5) is 23.1. The van der Waals surface area contributed by atoms with Crippen molar-refractivity contribution in [1.82, 2.24) is 5.32 Å². The van der Waals surface area contributed by atoms with Gasteiger partial charge in [-0.25, -0.2) is 0 Å². The molecule has 0 spiro atoms. The molecule has 0 saturated carbocycles. The van der Waals surface area contributed by atoms with Crippen molar-refractivity contribution in [3.05, 3.63) is 23.8 Å². The minimum absolute atomic E-state index is 0.286. The Kier molecular flexibility index (Phi) is 5.71. The van der Waals surface area contributed by atoms with Gasteiger partial charge in [-0.2, -0.15) is 0 Å². The molecule has 2 amide bonds. The van der Waals surface area contributed by atoms with Crippen LogP contribution in [0.4, 0.5) is 4.79 Å². The van der Waals surface area contributed by atoms with Crippen LogP contribution in [0.5, 0.6) is 11.5 Å². The first-order valence-corrected chi connectivity index (χ1v) is 8.30. The highest BCUT2D eigenvalue weighted by molar-refractivity contribution is 8.15. The van der Waals surface area contributed by atoms with E-state index in [2.05, 4.69) is 19.2 Å². The van der Waals surface area contributed by atoms with E-state index in [4.69, 9.17) is 9.47 Å². The van der Waals surface area contributed by atoms with Crippen molar-refractivity contribution in [3.63, 3.8) is 0 Å². The van der Waals surface area contributed by atoms with Crippen LogP contribution in [0.15, 0.2) is 18.2 Å². The summed E-state index contributed by atoms with van der Waals surface area (Å²) in [5.74, 6) is 1.56. The Morgan fingerprint density at radius 2 is 2.00 bits per heavy atom. The van der Waals surface area contributed by atoms with Crippen molar-refractivity contribution in [1.29, 1.82) is 0 Å². The molecule has 1 N–H and O–H groups in total. The van der Waals surface area contributed by atoms with Gasteiger partial charge in [-0.3, -0.25) is 14.9 Å². The third-order valence-electron chi connectivity index (χ3n) is 3.21. The third-order valence-corrected chi connectivity index (χ3v) is 4.25. The number of rotatable bonds is 7. The lowest BCUT2D eigenvalue weighted by Crippen LogP contribution is -2.20. The molecule has 1 aliphatic rings. The third kappa shape index (κ3) is 4.16. The van der Waals surface area contributed by atoms with Gasteiger partial charge in [0.2, 0.25) is 5.91 Å². The first-order chi connectivity index (χ1) is 10.5. The molecule has 1 aromatic carbocycles. The number of ether oxygens (including phenoxy) is 2. The standard InChI is InChI=1S/C16H21NO4S/c1-4-20-13-9-11(14-15(18)17-16(19)22-14)5-6-12(13)21-8-7-10(2)3/h5-6,9-10,14H,4,7-8H2,1-3H3,(H,17,18,19). The average Bonchev–Trinajstić information content (AvgIpc) is 2.79. The minimum atomic E-state index is -0.517. The monoisotopic (exact) mass is 323 g/mol. The van der Waals surface area contributed by atoms with Gasteiger partial charge in [-0.15, -0.1) is 0 Å². The minimum Gasteiger partial charge on any atom is -0.490 e. The van der Waals surface area contributed by atoms with Crippen molar-refractivity contribution in [2.45, 2.75) is 32.4 Å². The second kappa shape index (κ2) is 7.54. The first-order valence-electron chi connectivity index (χ1n) is 7.42. The molecule has 1 fully saturated rings. The lowest BCUT2D eigenvalue weighted by molar-refractivity contribution is -0.119. The molecule has 5 nitrogen and oxygen atoms in total. The number of hydrogen-bond donors (Lipinski definition) is 1. The van der Waals surface area contributed by atoms with Gasteiger partial charge in [0, 0.05) is 0 Å². The summed E-state index contributed by atoms with van der Waals surface area (Å²) in [5, 5.41) is 1.46. The van der Waals surface area contributed by atoms with E-state index in [1.54, 1.807) is 12.1 Å². The summed E-state index contributed by atoms with van der Waals surface area (Å²) in [6.07, 6.45) is 0.961. The van der Waals surface area contributed by atoms with Gasteiger partial charge in [0.25, 0.3) is 5.24 Å². The molecule has 0 aromatic heterocycles. The zero-order valence-electron chi connectivity index (χ0n) is 13.0. The molecule has 1 aliphatic heterocycles. The van der Waals surface area contributed by atoms with E-state index < -0.39 is 5.25 Å². The molecule has 6 heteroatoms. The number of carbonyl (C=O) groups is 2. The van der Waals surface area contributed by atoms with Gasteiger partial charge in [-0.1, -0.05) is 19.9 Å². The molecule has 1 atom stereocenters. The number of imide groups is 1. The molecular weight excluding hydrogens is 302 g/mol. The summed E-state index contributed by atoms with van der Waals surface area (Å²) < 4.78 is 11.4. The number of nitrogens with one attached hydrogen (secondary N) is 1. The van der Waals surface area contributed by atoms with E-state index in [1.807, 2.05) is 13.0 Å². The van der Waals surface area contributed by atoms with Crippen LogP contribution in [0, 0.1) is 5.92 Å². The van der Waals surface area contributed by atoms with Crippen molar-refractivity contribution in [2.75, 3.05) is 13.2 Å². The first kappa shape index (κ1) is 16.7. The molecule has 0 aliphatic carbocycles. The Hall–Kier alpha value is -1.69. The van der Waals surface area contributed by atoms with Gasteiger partial charge in [-0.05, 0) is 48.7 Å². The van der Waals surface area contributed by atoms with Crippen molar-refractivity contribution in [2.24, 2.45) is 5.92 Å². The molecule has 1 unspecified atom stereocenters. The molecule has 22 heavy (non-hydrogen) atoms. The molecular formula is C16H21NO4S. The molecule has 1 aromatic rings. The highest BCUT2D eigenvalue weighted by Gasteiger charge is 2.33. The second-order valence-electron chi connectivity index (χ2n) is 5.44. The van der Waals surface area contributed by atoms with E-state index in [-0.39, 0.29) is 11.1 Å². The van der Waals surface area contributed by atoms with Gasteiger partial charge < -0.3 is 9.47 Å². The van der Waals surface area contributed by atoms with Crippen LogP contribution in [-0.2, 0) is 4.79 Å². The zero-order valence-corrected chi connectivity index (χ0v) is 13.9. The second-order valence-corrected chi connectivity index (χ2v) is 6.52. The summed E-state index contributed by atoms with van der Waals surface area (Å²) in [7, 11) is 0. The van der Waals surface area contributed by atoms with Crippen molar-refractivity contribution >= 4 is 22.9 Å². The average molecular weight is 323 g/mol. The van der Waals surface area contributed by atoms with Crippen LogP contribution in [0.1, 0.15) is 38.0 Å². The Balaban J connectivity index is 2.15. The smallest absolute Gasteiger partial charge is 0.286 e. The molecule has 0 bridgehead atoms. The maximum absolute atomic E-state index is 11.8. The Bertz CT molecular complexity index is 559. The Morgan fingerprint density at radius 1 is 1.23 bits per heavy atom. The summed E-state index contributed by atoms with van der Waals surface area (Å²) >= 11 is 0.985. The summed E-state index contributed by atoms with van der Waals surface area (Å²) in [5.41, 5.74) is 0.744. The fourth-order valence-electron chi connectivity index (χ4n) is 2.06. The van der Waals surface area contributed by atoms with E-state index in [0.717, 1.165) is 23.7 Å². The van der Waals surface area contributed by atoms with Crippen LogP contribution < -0.4 is 14.8 Å². The SMILES string of the molecule is CCOc1cc(C2SC(=O)NC2=O)ccc1OCCC(C)C. The Labute approximate surface area is 134 Å². The normalized spacial score (nSPS) is 17.7. The fraction of sp³-hybridized carbons (Fsp3) is 0.500. The number of benzene rings is 1. The van der Waals surface area contributed by atoms with Crippen molar-refractivity contribution in [3.8, 4) is 11.5 Å². The number of carbonyl (C=O) groups excluding carboxylic acids is 2. The predicted molar refractivity (Wildman–Crippen MR) is 86.4 cm³/mol. The highest BCUT2D eigenvalue weighted by Crippen LogP contribution is 2.38. The molecule has 1 saturated heterocycles. The van der Waals surface area contributed by atoms with Gasteiger partial charge in [0.15, 0.2) is 11.5 Å². The predicted octanol–water partition coefficient (Wildman–Crippen LogP) is 3.53.